The number of carbonyl (C=O) groups is 1. The van der Waals surface area contributed by atoms with Crippen molar-refractivity contribution >= 4 is 11.6 Å². The Bertz CT molecular complexity index is 1490. The van der Waals surface area contributed by atoms with Crippen molar-refractivity contribution in [3.8, 4) is 23.0 Å². The van der Waals surface area contributed by atoms with Gasteiger partial charge in [0, 0.05) is 30.2 Å². The van der Waals surface area contributed by atoms with E-state index < -0.39 is 23.0 Å². The van der Waals surface area contributed by atoms with E-state index in [0.717, 1.165) is 18.4 Å². The van der Waals surface area contributed by atoms with E-state index in [0.29, 0.717) is 46.4 Å². The van der Waals surface area contributed by atoms with Crippen LogP contribution in [0.25, 0.3) is 0 Å². The highest BCUT2D eigenvalue weighted by molar-refractivity contribution is 6.15. The highest BCUT2D eigenvalue weighted by Crippen LogP contribution is 2.70. The summed E-state index contributed by atoms with van der Waals surface area (Å²) in [6.07, 6.45) is 1.34. The number of methoxy groups -OCH3 is 3. The summed E-state index contributed by atoms with van der Waals surface area (Å²) >= 11 is 0. The molecule has 1 unspecified atom stereocenters. The van der Waals surface area contributed by atoms with Crippen molar-refractivity contribution in [3.63, 3.8) is 0 Å². The van der Waals surface area contributed by atoms with E-state index in [-0.39, 0.29) is 12.1 Å². The SMILES string of the molecule is COc1ccc([C@@]23Oc4cc(OC)cc(OC)c4[C@]2(O)C2=N[C@@H]4CCCN4C(=O)C2[C@H]3c2ccccc2)cc1. The number of hydrogen-bond donors (Lipinski definition) is 1. The molecule has 39 heavy (non-hydrogen) atoms. The first-order valence-corrected chi connectivity index (χ1v) is 13.2. The van der Waals surface area contributed by atoms with Crippen molar-refractivity contribution in [1.82, 2.24) is 4.90 Å². The molecule has 200 valence electrons. The average molecular weight is 527 g/mol. The first kappa shape index (κ1) is 24.0. The van der Waals surface area contributed by atoms with Gasteiger partial charge in [0.15, 0.2) is 11.2 Å². The zero-order valence-electron chi connectivity index (χ0n) is 22.1. The van der Waals surface area contributed by atoms with E-state index >= 15 is 0 Å². The second-order valence-corrected chi connectivity index (χ2v) is 10.5. The molecule has 3 heterocycles. The molecule has 8 nitrogen and oxygen atoms in total. The second-order valence-electron chi connectivity index (χ2n) is 10.5. The fraction of sp³-hybridized carbons (Fsp3) is 0.355. The lowest BCUT2D eigenvalue weighted by molar-refractivity contribution is -0.136. The number of nitrogens with zero attached hydrogens (tertiary/aromatic N) is 2. The normalized spacial score (nSPS) is 30.1. The zero-order chi connectivity index (χ0) is 26.9. The summed E-state index contributed by atoms with van der Waals surface area (Å²) in [5.41, 5.74) is -0.717. The summed E-state index contributed by atoms with van der Waals surface area (Å²) in [5.74, 6) is 0.753. The predicted octanol–water partition coefficient (Wildman–Crippen LogP) is 4.00. The molecule has 3 aromatic rings. The third-order valence-electron chi connectivity index (χ3n) is 8.84. The fourth-order valence-corrected chi connectivity index (χ4v) is 7.23. The van der Waals surface area contributed by atoms with E-state index in [1.807, 2.05) is 59.5 Å². The van der Waals surface area contributed by atoms with Gasteiger partial charge in [-0.25, -0.2) is 0 Å². The van der Waals surface area contributed by atoms with Gasteiger partial charge in [-0.3, -0.25) is 9.79 Å². The summed E-state index contributed by atoms with van der Waals surface area (Å²) in [5, 5.41) is 13.3. The van der Waals surface area contributed by atoms with E-state index in [9.17, 15) is 9.90 Å². The summed E-state index contributed by atoms with van der Waals surface area (Å²) in [6.45, 7) is 0.657. The number of aliphatic hydroxyl groups is 1. The predicted molar refractivity (Wildman–Crippen MR) is 144 cm³/mol. The first-order chi connectivity index (χ1) is 19.0. The van der Waals surface area contributed by atoms with Crippen molar-refractivity contribution in [1.29, 1.82) is 0 Å². The van der Waals surface area contributed by atoms with Crippen molar-refractivity contribution in [3.05, 3.63) is 83.4 Å². The third-order valence-corrected chi connectivity index (χ3v) is 8.84. The van der Waals surface area contributed by atoms with Gasteiger partial charge in [-0.05, 0) is 30.5 Å². The second kappa shape index (κ2) is 8.48. The molecule has 0 spiro atoms. The fourth-order valence-electron chi connectivity index (χ4n) is 7.23. The van der Waals surface area contributed by atoms with Crippen LogP contribution in [0.15, 0.2) is 71.7 Å². The molecule has 0 radical (unpaired) electrons. The lowest BCUT2D eigenvalue weighted by Gasteiger charge is -2.40. The molecule has 0 aromatic heterocycles. The standard InChI is InChI=1S/C31H30N2O6/c1-36-20-13-11-19(12-14-20)31-26(18-8-5-4-6-9-18)25-28(32-24-10-7-15-33(24)29(25)34)30(31,35)27-22(38-3)16-21(37-2)17-23(27)39-31/h4-6,8-9,11-14,16-17,24-26,35H,7,10,15H2,1-3H3/t24-,25?,26+,30-,31-/m0/s1. The minimum Gasteiger partial charge on any atom is -0.497 e. The van der Waals surface area contributed by atoms with E-state index in [2.05, 4.69) is 0 Å². The third kappa shape index (κ3) is 2.98. The Kier molecular flexibility index (Phi) is 5.23. The van der Waals surface area contributed by atoms with Gasteiger partial charge in [0.25, 0.3) is 0 Å². The highest BCUT2D eigenvalue weighted by atomic mass is 16.5. The van der Waals surface area contributed by atoms with Crippen LogP contribution in [0, 0.1) is 5.92 Å². The summed E-state index contributed by atoms with van der Waals surface area (Å²) < 4.78 is 23.8. The molecule has 3 aromatic carbocycles. The Morgan fingerprint density at radius 1 is 0.974 bits per heavy atom. The maximum atomic E-state index is 14.3. The average Bonchev–Trinajstić information content (AvgIpc) is 3.62. The molecule has 3 aliphatic heterocycles. The summed E-state index contributed by atoms with van der Waals surface area (Å²) in [4.78, 5) is 21.3. The number of aliphatic imine (C=N–C) groups is 1. The first-order valence-electron chi connectivity index (χ1n) is 13.2. The molecule has 2 fully saturated rings. The largest absolute Gasteiger partial charge is 0.497 e. The highest BCUT2D eigenvalue weighted by Gasteiger charge is 2.78. The summed E-state index contributed by atoms with van der Waals surface area (Å²) in [7, 11) is 4.74. The van der Waals surface area contributed by atoms with Crippen LogP contribution in [0.1, 0.15) is 35.4 Å². The Labute approximate surface area is 226 Å². The van der Waals surface area contributed by atoms with Crippen LogP contribution >= 0.6 is 0 Å². The van der Waals surface area contributed by atoms with Crippen molar-refractivity contribution in [2.45, 2.75) is 36.1 Å². The van der Waals surface area contributed by atoms with Gasteiger partial charge in [0.2, 0.25) is 5.91 Å². The van der Waals surface area contributed by atoms with Gasteiger partial charge >= 0.3 is 0 Å². The minimum atomic E-state index is -1.79. The molecule has 1 N–H and O–H groups in total. The number of hydrogen-bond acceptors (Lipinski definition) is 7. The van der Waals surface area contributed by atoms with Crippen LogP contribution in [0.3, 0.4) is 0 Å². The molecule has 5 atom stereocenters. The maximum Gasteiger partial charge on any atom is 0.233 e. The number of fused-ring (bicyclic) bond motifs is 6. The molecule has 1 amide bonds. The quantitative estimate of drug-likeness (QED) is 0.541. The van der Waals surface area contributed by atoms with Crippen LogP contribution in [-0.2, 0) is 16.0 Å². The molecular formula is C31H30N2O6. The zero-order valence-corrected chi connectivity index (χ0v) is 22.1. The topological polar surface area (TPSA) is 89.8 Å². The van der Waals surface area contributed by atoms with Crippen LogP contribution in [0.2, 0.25) is 0 Å². The van der Waals surface area contributed by atoms with Crippen LogP contribution in [0.4, 0.5) is 0 Å². The van der Waals surface area contributed by atoms with Crippen molar-refractivity contribution < 1.29 is 28.8 Å². The Balaban J connectivity index is 1.59. The number of ether oxygens (including phenoxy) is 4. The van der Waals surface area contributed by atoms with Gasteiger partial charge < -0.3 is 29.0 Å². The monoisotopic (exact) mass is 526 g/mol. The van der Waals surface area contributed by atoms with Crippen molar-refractivity contribution in [2.24, 2.45) is 10.9 Å². The molecule has 1 aliphatic carbocycles. The van der Waals surface area contributed by atoms with E-state index in [1.165, 1.54) is 0 Å². The van der Waals surface area contributed by atoms with Crippen LogP contribution in [0.5, 0.6) is 23.0 Å². The van der Waals surface area contributed by atoms with Crippen molar-refractivity contribution in [2.75, 3.05) is 27.9 Å². The molecule has 4 aliphatic rings. The molecule has 1 saturated carbocycles. The number of amides is 1. The minimum absolute atomic E-state index is 0.0234. The molecule has 1 saturated heterocycles. The molecule has 8 heteroatoms. The van der Waals surface area contributed by atoms with Crippen LogP contribution in [-0.4, -0.2) is 55.7 Å². The van der Waals surface area contributed by atoms with Gasteiger partial charge in [0.05, 0.1) is 38.5 Å². The maximum absolute atomic E-state index is 14.3. The smallest absolute Gasteiger partial charge is 0.233 e. The lowest BCUT2D eigenvalue weighted by atomic mass is 9.70. The molecule has 7 rings (SSSR count). The van der Waals surface area contributed by atoms with E-state index in [1.54, 1.807) is 33.5 Å². The Hall–Kier alpha value is -4.04. The van der Waals surface area contributed by atoms with Gasteiger partial charge in [-0.2, -0.15) is 0 Å². The molecular weight excluding hydrogens is 496 g/mol. The Morgan fingerprint density at radius 3 is 2.41 bits per heavy atom. The van der Waals surface area contributed by atoms with Crippen LogP contribution < -0.4 is 18.9 Å². The van der Waals surface area contributed by atoms with Gasteiger partial charge in [-0.1, -0.05) is 42.5 Å². The number of benzene rings is 3. The summed E-state index contributed by atoms with van der Waals surface area (Å²) in [6, 6.07) is 20.8. The van der Waals surface area contributed by atoms with Gasteiger partial charge in [0.1, 0.15) is 29.2 Å². The van der Waals surface area contributed by atoms with Gasteiger partial charge in [-0.15, -0.1) is 0 Å². The number of carbonyl (C=O) groups excluding carboxylic acids is 1. The van der Waals surface area contributed by atoms with E-state index in [4.69, 9.17) is 23.9 Å². The Morgan fingerprint density at radius 2 is 1.72 bits per heavy atom. The molecule has 0 bridgehead atoms. The number of rotatable bonds is 5. The lowest BCUT2D eigenvalue weighted by Crippen LogP contribution is -2.52.